The molecule has 0 bridgehead atoms. The van der Waals surface area contributed by atoms with E-state index in [0.29, 0.717) is 19.0 Å². The van der Waals surface area contributed by atoms with Crippen molar-refractivity contribution in [3.05, 3.63) is 36.2 Å². The largest absolute Gasteiger partial charge is 0.494 e. The van der Waals surface area contributed by atoms with Gasteiger partial charge in [-0.3, -0.25) is 0 Å². The van der Waals surface area contributed by atoms with E-state index in [1.807, 2.05) is 27.7 Å². The van der Waals surface area contributed by atoms with Gasteiger partial charge in [0.2, 0.25) is 0 Å². The Morgan fingerprint density at radius 1 is 1.19 bits per heavy atom. The second kappa shape index (κ2) is 7.16. The molecule has 0 spiro atoms. The van der Waals surface area contributed by atoms with E-state index in [-0.39, 0.29) is 0 Å². The molecule has 0 aromatic carbocycles. The van der Waals surface area contributed by atoms with Crippen molar-refractivity contribution in [2.45, 2.75) is 38.9 Å². The minimum atomic E-state index is -0.492. The van der Waals surface area contributed by atoms with E-state index >= 15 is 0 Å². The molecule has 5 nitrogen and oxygen atoms in total. The monoisotopic (exact) mass is 295 g/mol. The van der Waals surface area contributed by atoms with Gasteiger partial charge in [-0.05, 0) is 39.2 Å². The highest BCUT2D eigenvalue weighted by Crippen LogP contribution is 2.38. The Balaban J connectivity index is 2.83. The molecule has 1 heterocycles. The molecule has 6 heteroatoms. The third kappa shape index (κ3) is 4.36. The van der Waals surface area contributed by atoms with Crippen LogP contribution in [-0.4, -0.2) is 38.6 Å². The van der Waals surface area contributed by atoms with Gasteiger partial charge in [0.25, 0.3) is 0 Å². The number of ether oxygens (including phenoxy) is 2. The molecular weight excluding hydrogens is 269 g/mol. The Hall–Kier alpha value is -1.24. The number of methoxy groups -OCH3 is 1. The van der Waals surface area contributed by atoms with Crippen LogP contribution in [0, 0.1) is 0 Å². The van der Waals surface area contributed by atoms with Gasteiger partial charge < -0.3 is 24.5 Å². The van der Waals surface area contributed by atoms with Crippen LogP contribution in [0.4, 0.5) is 0 Å². The van der Waals surface area contributed by atoms with Crippen molar-refractivity contribution in [1.82, 2.24) is 0 Å². The highest BCUT2D eigenvalue weighted by molar-refractivity contribution is 6.55. The molecule has 0 amide bonds. The van der Waals surface area contributed by atoms with E-state index in [1.54, 1.807) is 19.3 Å². The Kier molecular flexibility index (Phi) is 6.07. The lowest BCUT2D eigenvalue weighted by Gasteiger charge is -2.32. The second-order valence-electron chi connectivity index (χ2n) is 5.85. The minimum absolute atomic E-state index is 0.400. The molecule has 2 N–H and O–H groups in total. The van der Waals surface area contributed by atoms with Gasteiger partial charge >= 0.3 is 7.12 Å². The van der Waals surface area contributed by atoms with Gasteiger partial charge in [0, 0.05) is 13.3 Å². The zero-order valence-corrected chi connectivity index (χ0v) is 13.6. The van der Waals surface area contributed by atoms with Crippen LogP contribution in [-0.2, 0) is 18.8 Å². The van der Waals surface area contributed by atoms with E-state index in [9.17, 15) is 0 Å². The molecule has 0 saturated carbocycles. The first-order chi connectivity index (χ1) is 9.77. The molecule has 0 aromatic rings. The average molecular weight is 295 g/mol. The summed E-state index contributed by atoms with van der Waals surface area (Å²) in [5, 5.41) is 0. The lowest BCUT2D eigenvalue weighted by atomic mass is 9.78. The predicted octanol–water partition coefficient (Wildman–Crippen LogP) is 2.19. The van der Waals surface area contributed by atoms with Crippen molar-refractivity contribution in [3.8, 4) is 0 Å². The van der Waals surface area contributed by atoms with Crippen LogP contribution in [0.15, 0.2) is 36.2 Å². The Morgan fingerprint density at radius 3 is 2.19 bits per heavy atom. The van der Waals surface area contributed by atoms with Crippen LogP contribution in [0.2, 0.25) is 0 Å². The molecular formula is C15H26BNO4. The molecule has 21 heavy (non-hydrogen) atoms. The summed E-state index contributed by atoms with van der Waals surface area (Å²) >= 11 is 0. The molecule has 0 atom stereocenters. The highest BCUT2D eigenvalue weighted by Gasteiger charge is 2.51. The first-order valence-electron chi connectivity index (χ1n) is 7.00. The lowest BCUT2D eigenvalue weighted by Crippen LogP contribution is -2.41. The number of hydrogen-bond acceptors (Lipinski definition) is 5. The summed E-state index contributed by atoms with van der Waals surface area (Å²) in [7, 11) is 1.12. The van der Waals surface area contributed by atoms with Crippen molar-refractivity contribution in [2.24, 2.45) is 5.73 Å². The number of nitrogens with two attached hydrogens (primary N) is 1. The Labute approximate surface area is 127 Å². The van der Waals surface area contributed by atoms with E-state index in [4.69, 9.17) is 24.5 Å². The van der Waals surface area contributed by atoms with Crippen molar-refractivity contribution in [1.29, 1.82) is 0 Å². The van der Waals surface area contributed by atoms with Crippen molar-refractivity contribution >= 4 is 7.12 Å². The fraction of sp³-hybridized carbons (Fsp3) is 0.600. The van der Waals surface area contributed by atoms with E-state index in [1.165, 1.54) is 6.20 Å². The topological polar surface area (TPSA) is 62.9 Å². The van der Waals surface area contributed by atoms with Crippen LogP contribution in [0.3, 0.4) is 0 Å². The second-order valence-corrected chi connectivity index (χ2v) is 5.85. The maximum atomic E-state index is 5.98. The zero-order chi connectivity index (χ0) is 16.1. The van der Waals surface area contributed by atoms with Crippen LogP contribution < -0.4 is 5.73 Å². The quantitative estimate of drug-likeness (QED) is 0.337. The normalized spacial score (nSPS) is 21.5. The fourth-order valence-electron chi connectivity index (χ4n) is 1.75. The van der Waals surface area contributed by atoms with E-state index < -0.39 is 18.3 Å². The molecule has 1 aliphatic heterocycles. The van der Waals surface area contributed by atoms with Crippen LogP contribution in [0.25, 0.3) is 0 Å². The van der Waals surface area contributed by atoms with Crippen LogP contribution in [0.5, 0.6) is 0 Å². The lowest BCUT2D eigenvalue weighted by molar-refractivity contribution is 0.00578. The van der Waals surface area contributed by atoms with Gasteiger partial charge in [-0.15, -0.1) is 0 Å². The molecule has 1 rings (SSSR count). The van der Waals surface area contributed by atoms with Crippen molar-refractivity contribution in [2.75, 3.05) is 20.3 Å². The molecule has 0 unspecified atom stereocenters. The molecule has 0 radical (unpaired) electrons. The minimum Gasteiger partial charge on any atom is -0.490 e. The number of allylic oxidation sites excluding steroid dienone is 3. The van der Waals surface area contributed by atoms with Gasteiger partial charge in [-0.2, -0.15) is 0 Å². The molecule has 0 aliphatic carbocycles. The fourth-order valence-corrected chi connectivity index (χ4v) is 1.75. The predicted molar refractivity (Wildman–Crippen MR) is 84.5 cm³/mol. The van der Waals surface area contributed by atoms with E-state index in [0.717, 1.165) is 5.47 Å². The zero-order valence-electron chi connectivity index (χ0n) is 13.6. The van der Waals surface area contributed by atoms with Gasteiger partial charge in [0.1, 0.15) is 12.4 Å². The Morgan fingerprint density at radius 2 is 1.76 bits per heavy atom. The molecule has 1 aliphatic rings. The maximum Gasteiger partial charge on any atom is 0.494 e. The maximum absolute atomic E-state index is 5.98. The van der Waals surface area contributed by atoms with Gasteiger partial charge in [-0.1, -0.05) is 12.7 Å². The summed E-state index contributed by atoms with van der Waals surface area (Å²) in [6.07, 6.45) is 4.85. The summed E-state index contributed by atoms with van der Waals surface area (Å²) in [5.41, 5.74) is 5.54. The summed E-state index contributed by atoms with van der Waals surface area (Å²) < 4.78 is 22.4. The summed E-state index contributed by atoms with van der Waals surface area (Å²) in [5.74, 6) is 0.525. The molecule has 0 aromatic heterocycles. The van der Waals surface area contributed by atoms with E-state index in [2.05, 4.69) is 6.58 Å². The smallest absolute Gasteiger partial charge is 0.490 e. The standard InChI is InChI=1S/C15H26BNO4/c1-7-12(10-13(11-17)19-9-8-18-6)16-20-14(2,3)15(4,5)21-16/h7,10-11H,1,8-9,17H2,2-6H3/b12-10+,13-11+. The molecule has 1 fully saturated rings. The Bertz CT molecular complexity index is 413. The van der Waals surface area contributed by atoms with Gasteiger partial charge in [0.15, 0.2) is 0 Å². The summed E-state index contributed by atoms with van der Waals surface area (Å²) in [4.78, 5) is 0. The van der Waals surface area contributed by atoms with Crippen molar-refractivity contribution in [3.63, 3.8) is 0 Å². The summed E-state index contributed by atoms with van der Waals surface area (Å²) in [6.45, 7) is 12.7. The SMILES string of the molecule is C=C/C(=C\C(=C/N)OCCOC)B1OC(C)(C)C(C)(C)O1. The van der Waals surface area contributed by atoms with Crippen molar-refractivity contribution < 1.29 is 18.8 Å². The van der Waals surface area contributed by atoms with Gasteiger partial charge in [0.05, 0.1) is 17.8 Å². The highest BCUT2D eigenvalue weighted by atomic mass is 16.7. The average Bonchev–Trinajstić information content (AvgIpc) is 2.62. The first kappa shape index (κ1) is 17.8. The molecule has 1 saturated heterocycles. The van der Waals surface area contributed by atoms with Gasteiger partial charge in [-0.25, -0.2) is 0 Å². The number of hydrogen-bond donors (Lipinski definition) is 1. The summed E-state index contributed by atoms with van der Waals surface area (Å²) in [6, 6.07) is 0. The van der Waals surface area contributed by atoms with Crippen LogP contribution >= 0.6 is 0 Å². The third-order valence-corrected chi connectivity index (χ3v) is 3.79. The molecule has 118 valence electrons. The van der Waals surface area contributed by atoms with Crippen LogP contribution in [0.1, 0.15) is 27.7 Å². The number of rotatable bonds is 7. The first-order valence-corrected chi connectivity index (χ1v) is 7.00. The third-order valence-electron chi connectivity index (χ3n) is 3.79.